The maximum atomic E-state index is 9.43. The number of nitrogens with one attached hydrogen (secondary N) is 1. The molecular formula is C16H21NO. The third-order valence-electron chi connectivity index (χ3n) is 3.27. The van der Waals surface area contributed by atoms with Crippen molar-refractivity contribution in [2.75, 3.05) is 6.61 Å². The van der Waals surface area contributed by atoms with Crippen molar-refractivity contribution in [3.8, 4) is 0 Å². The van der Waals surface area contributed by atoms with E-state index >= 15 is 0 Å². The lowest BCUT2D eigenvalue weighted by molar-refractivity contribution is 0.240. The Labute approximate surface area is 109 Å². The van der Waals surface area contributed by atoms with Gasteiger partial charge in [-0.2, -0.15) is 0 Å². The van der Waals surface area contributed by atoms with Crippen molar-refractivity contribution in [3.63, 3.8) is 0 Å². The largest absolute Gasteiger partial charge is 0.395 e. The Bertz CT molecular complexity index is 408. The minimum absolute atomic E-state index is 0.156. The summed E-state index contributed by atoms with van der Waals surface area (Å²) in [6, 6.07) is 10.5. The summed E-state index contributed by atoms with van der Waals surface area (Å²) in [4.78, 5) is 0. The Morgan fingerprint density at radius 3 is 2.72 bits per heavy atom. The molecule has 2 nitrogen and oxygen atoms in total. The Kier molecular flexibility index (Phi) is 5.18. The fraction of sp³-hybridized carbons (Fsp3) is 0.375. The van der Waals surface area contributed by atoms with Crippen LogP contribution in [0.4, 0.5) is 0 Å². The van der Waals surface area contributed by atoms with Crippen LogP contribution in [0.15, 0.2) is 54.1 Å². The zero-order chi connectivity index (χ0) is 12.6. The molecule has 1 atom stereocenters. The zero-order valence-electron chi connectivity index (χ0n) is 10.7. The van der Waals surface area contributed by atoms with Gasteiger partial charge >= 0.3 is 0 Å². The minimum Gasteiger partial charge on any atom is -0.395 e. The molecule has 18 heavy (non-hydrogen) atoms. The first-order valence-corrected chi connectivity index (χ1v) is 6.61. The molecule has 2 rings (SSSR count). The monoisotopic (exact) mass is 243 g/mol. The maximum Gasteiger partial charge on any atom is 0.0587 e. The van der Waals surface area contributed by atoms with Gasteiger partial charge in [0, 0.05) is 12.6 Å². The molecule has 1 aliphatic rings. The molecule has 0 spiro atoms. The summed E-state index contributed by atoms with van der Waals surface area (Å²) in [5.74, 6) is 0. The summed E-state index contributed by atoms with van der Waals surface area (Å²) >= 11 is 0. The van der Waals surface area contributed by atoms with Crippen LogP contribution in [0.3, 0.4) is 0 Å². The molecule has 0 fully saturated rings. The number of rotatable bonds is 6. The predicted octanol–water partition coefficient (Wildman–Crippen LogP) is 2.80. The summed E-state index contributed by atoms with van der Waals surface area (Å²) < 4.78 is 0. The molecule has 0 bridgehead atoms. The lowest BCUT2D eigenvalue weighted by Crippen LogP contribution is -2.32. The van der Waals surface area contributed by atoms with Crippen LogP contribution in [0.1, 0.15) is 24.8 Å². The molecule has 0 aromatic heterocycles. The van der Waals surface area contributed by atoms with Crippen molar-refractivity contribution in [2.24, 2.45) is 0 Å². The molecule has 0 unspecified atom stereocenters. The number of hydrogen-bond acceptors (Lipinski definition) is 2. The van der Waals surface area contributed by atoms with Gasteiger partial charge in [-0.25, -0.2) is 0 Å². The summed E-state index contributed by atoms with van der Waals surface area (Å²) in [6.45, 7) is 1.00. The lowest BCUT2D eigenvalue weighted by atomic mass is 9.98. The molecule has 96 valence electrons. The minimum atomic E-state index is 0.156. The van der Waals surface area contributed by atoms with Crippen LogP contribution in [-0.4, -0.2) is 17.8 Å². The fourth-order valence-corrected chi connectivity index (χ4v) is 2.20. The highest BCUT2D eigenvalue weighted by molar-refractivity contribution is 5.19. The number of hydrogen-bond donors (Lipinski definition) is 2. The average molecular weight is 243 g/mol. The molecule has 0 aliphatic heterocycles. The van der Waals surface area contributed by atoms with Crippen LogP contribution < -0.4 is 5.32 Å². The zero-order valence-corrected chi connectivity index (χ0v) is 10.7. The molecular weight excluding hydrogens is 222 g/mol. The van der Waals surface area contributed by atoms with Crippen LogP contribution in [-0.2, 0) is 6.54 Å². The molecule has 0 amide bonds. The van der Waals surface area contributed by atoms with E-state index in [2.05, 4.69) is 35.7 Å². The second-order valence-corrected chi connectivity index (χ2v) is 4.74. The van der Waals surface area contributed by atoms with E-state index in [4.69, 9.17) is 0 Å². The van der Waals surface area contributed by atoms with Crippen LogP contribution >= 0.6 is 0 Å². The Morgan fingerprint density at radius 2 is 2.06 bits per heavy atom. The average Bonchev–Trinajstić information content (AvgIpc) is 2.45. The highest BCUT2D eigenvalue weighted by atomic mass is 16.3. The molecule has 0 saturated heterocycles. The van der Waals surface area contributed by atoms with E-state index in [-0.39, 0.29) is 12.6 Å². The number of aliphatic hydroxyl groups excluding tert-OH is 1. The number of aliphatic hydroxyl groups is 1. The first-order chi connectivity index (χ1) is 8.88. The van der Waals surface area contributed by atoms with E-state index in [0.29, 0.717) is 0 Å². The first-order valence-electron chi connectivity index (χ1n) is 6.61. The summed E-state index contributed by atoms with van der Waals surface area (Å²) in [5.41, 5.74) is 2.69. The summed E-state index contributed by atoms with van der Waals surface area (Å²) in [7, 11) is 0. The third-order valence-corrected chi connectivity index (χ3v) is 3.27. The van der Waals surface area contributed by atoms with Gasteiger partial charge in [0.05, 0.1) is 6.61 Å². The van der Waals surface area contributed by atoms with E-state index in [1.54, 1.807) is 0 Å². The van der Waals surface area contributed by atoms with Crippen molar-refractivity contribution >= 4 is 0 Å². The smallest absolute Gasteiger partial charge is 0.0587 e. The molecule has 0 saturated carbocycles. The molecule has 2 N–H and O–H groups in total. The lowest BCUT2D eigenvalue weighted by Gasteiger charge is -2.19. The quantitative estimate of drug-likeness (QED) is 0.805. The second kappa shape index (κ2) is 7.14. The normalized spacial score (nSPS) is 16.4. The van der Waals surface area contributed by atoms with E-state index in [0.717, 1.165) is 25.8 Å². The van der Waals surface area contributed by atoms with Gasteiger partial charge in [0.15, 0.2) is 0 Å². The maximum absolute atomic E-state index is 9.43. The van der Waals surface area contributed by atoms with Crippen molar-refractivity contribution in [1.82, 2.24) is 5.32 Å². The molecule has 1 aromatic rings. The van der Waals surface area contributed by atoms with Crippen LogP contribution in [0, 0.1) is 0 Å². The molecule has 0 heterocycles. The van der Waals surface area contributed by atoms with Gasteiger partial charge in [0.2, 0.25) is 0 Å². The number of allylic oxidation sites excluding steroid dienone is 3. The fourth-order valence-electron chi connectivity index (χ4n) is 2.20. The van der Waals surface area contributed by atoms with E-state index in [1.807, 2.05) is 18.2 Å². The topological polar surface area (TPSA) is 32.3 Å². The molecule has 1 aliphatic carbocycles. The Balaban J connectivity index is 1.82. The van der Waals surface area contributed by atoms with Crippen molar-refractivity contribution in [2.45, 2.75) is 31.8 Å². The standard InChI is InChI=1S/C16H21NO/c18-13-16(11-14-7-3-1-4-8-14)17-12-15-9-5-2-6-10-15/h1-3,5-7,9-10,16-18H,4,8,11-13H2/t16-/m0/s1. The van der Waals surface area contributed by atoms with Crippen LogP contribution in [0.2, 0.25) is 0 Å². The first kappa shape index (κ1) is 13.1. The molecule has 2 heteroatoms. The van der Waals surface area contributed by atoms with Crippen LogP contribution in [0.25, 0.3) is 0 Å². The summed E-state index contributed by atoms with van der Waals surface area (Å²) in [6.07, 6.45) is 9.67. The van der Waals surface area contributed by atoms with Gasteiger partial charge < -0.3 is 10.4 Å². The van der Waals surface area contributed by atoms with Gasteiger partial charge in [-0.1, -0.05) is 54.1 Å². The highest BCUT2D eigenvalue weighted by Gasteiger charge is 2.10. The van der Waals surface area contributed by atoms with E-state index < -0.39 is 0 Å². The molecule has 1 aromatic carbocycles. The van der Waals surface area contributed by atoms with Gasteiger partial charge in [-0.05, 0) is 24.8 Å². The number of benzene rings is 1. The highest BCUT2D eigenvalue weighted by Crippen LogP contribution is 2.17. The Hall–Kier alpha value is -1.38. The van der Waals surface area contributed by atoms with Gasteiger partial charge in [-0.15, -0.1) is 0 Å². The Morgan fingerprint density at radius 1 is 1.22 bits per heavy atom. The van der Waals surface area contributed by atoms with Crippen molar-refractivity contribution in [1.29, 1.82) is 0 Å². The predicted molar refractivity (Wildman–Crippen MR) is 75.2 cm³/mol. The second-order valence-electron chi connectivity index (χ2n) is 4.74. The van der Waals surface area contributed by atoms with E-state index in [1.165, 1.54) is 11.1 Å². The van der Waals surface area contributed by atoms with Crippen molar-refractivity contribution in [3.05, 3.63) is 59.7 Å². The van der Waals surface area contributed by atoms with Gasteiger partial charge in [0.25, 0.3) is 0 Å². The molecule has 0 radical (unpaired) electrons. The van der Waals surface area contributed by atoms with Crippen LogP contribution in [0.5, 0.6) is 0 Å². The SMILES string of the molecule is OC[C@H](CC1=CC=CCC1)NCc1ccccc1. The van der Waals surface area contributed by atoms with Gasteiger partial charge in [0.1, 0.15) is 0 Å². The van der Waals surface area contributed by atoms with Crippen molar-refractivity contribution < 1.29 is 5.11 Å². The summed E-state index contributed by atoms with van der Waals surface area (Å²) in [5, 5.41) is 12.8. The van der Waals surface area contributed by atoms with E-state index in [9.17, 15) is 5.11 Å². The third kappa shape index (κ3) is 4.13. The van der Waals surface area contributed by atoms with Gasteiger partial charge in [-0.3, -0.25) is 0 Å².